The molecule has 0 unspecified atom stereocenters. The van der Waals surface area contributed by atoms with Gasteiger partial charge in [0.1, 0.15) is 0 Å². The second-order valence-corrected chi connectivity index (χ2v) is 6.13. The van der Waals surface area contributed by atoms with E-state index in [2.05, 4.69) is 5.32 Å². The van der Waals surface area contributed by atoms with E-state index in [1.54, 1.807) is 11.3 Å². The Morgan fingerprint density at radius 1 is 1.41 bits per heavy atom. The highest BCUT2D eigenvalue weighted by molar-refractivity contribution is 7.14. The standard InChI is InChI=1S/C13H20N2OS/c1-8-7-12(17-9(8)2)13(16)15-11-6-4-3-5-10(11)14/h7,10-11H,3-6,14H2,1-2H3,(H,15,16)/t10-,11-/m1/s1. The number of amides is 1. The Morgan fingerprint density at radius 3 is 2.71 bits per heavy atom. The Balaban J connectivity index is 2.01. The maximum Gasteiger partial charge on any atom is 0.261 e. The van der Waals surface area contributed by atoms with Gasteiger partial charge in [0, 0.05) is 17.0 Å². The zero-order valence-corrected chi connectivity index (χ0v) is 11.3. The lowest BCUT2D eigenvalue weighted by Gasteiger charge is -2.29. The smallest absolute Gasteiger partial charge is 0.261 e. The fraction of sp³-hybridized carbons (Fsp3) is 0.615. The van der Waals surface area contributed by atoms with Gasteiger partial charge in [-0.1, -0.05) is 12.8 Å². The van der Waals surface area contributed by atoms with Crippen molar-refractivity contribution in [1.82, 2.24) is 5.32 Å². The molecule has 1 amide bonds. The van der Waals surface area contributed by atoms with Gasteiger partial charge in [-0.2, -0.15) is 0 Å². The largest absolute Gasteiger partial charge is 0.347 e. The zero-order chi connectivity index (χ0) is 12.4. The van der Waals surface area contributed by atoms with E-state index >= 15 is 0 Å². The molecule has 0 aliphatic heterocycles. The number of thiophene rings is 1. The van der Waals surface area contributed by atoms with E-state index in [1.807, 2.05) is 19.9 Å². The quantitative estimate of drug-likeness (QED) is 0.849. The third-order valence-corrected chi connectivity index (χ3v) is 4.68. The minimum atomic E-state index is 0.0357. The Labute approximate surface area is 106 Å². The molecular weight excluding hydrogens is 232 g/mol. The summed E-state index contributed by atoms with van der Waals surface area (Å²) in [5, 5.41) is 3.07. The van der Waals surface area contributed by atoms with Gasteiger partial charge in [0.05, 0.1) is 4.88 Å². The lowest BCUT2D eigenvalue weighted by molar-refractivity contribution is 0.0925. The topological polar surface area (TPSA) is 55.1 Å². The summed E-state index contributed by atoms with van der Waals surface area (Å²) in [5.41, 5.74) is 7.22. The molecule has 3 nitrogen and oxygen atoms in total. The molecule has 0 spiro atoms. The van der Waals surface area contributed by atoms with Gasteiger partial charge in [0.25, 0.3) is 5.91 Å². The molecule has 2 atom stereocenters. The number of nitrogens with two attached hydrogens (primary N) is 1. The molecule has 0 radical (unpaired) electrons. The minimum Gasteiger partial charge on any atom is -0.347 e. The van der Waals surface area contributed by atoms with E-state index < -0.39 is 0 Å². The van der Waals surface area contributed by atoms with Gasteiger partial charge in [-0.25, -0.2) is 0 Å². The van der Waals surface area contributed by atoms with E-state index in [-0.39, 0.29) is 18.0 Å². The fourth-order valence-corrected chi connectivity index (χ4v) is 3.20. The second-order valence-electron chi connectivity index (χ2n) is 4.88. The van der Waals surface area contributed by atoms with Gasteiger partial charge < -0.3 is 11.1 Å². The predicted octanol–water partition coefficient (Wildman–Crippen LogP) is 2.36. The molecule has 1 fully saturated rings. The van der Waals surface area contributed by atoms with E-state index in [0.717, 1.165) is 17.7 Å². The zero-order valence-electron chi connectivity index (χ0n) is 10.5. The van der Waals surface area contributed by atoms with Crippen LogP contribution in [0.5, 0.6) is 0 Å². The lowest BCUT2D eigenvalue weighted by atomic mass is 9.91. The van der Waals surface area contributed by atoms with Crippen molar-refractivity contribution in [3.05, 3.63) is 21.4 Å². The van der Waals surface area contributed by atoms with Crippen molar-refractivity contribution in [3.63, 3.8) is 0 Å². The maximum atomic E-state index is 12.1. The highest BCUT2D eigenvalue weighted by Crippen LogP contribution is 2.22. The van der Waals surface area contributed by atoms with Crippen molar-refractivity contribution in [2.75, 3.05) is 0 Å². The third-order valence-electron chi connectivity index (χ3n) is 3.53. The number of hydrogen-bond donors (Lipinski definition) is 2. The average Bonchev–Trinajstić information content (AvgIpc) is 2.63. The summed E-state index contributed by atoms with van der Waals surface area (Å²) >= 11 is 1.56. The number of aryl methyl sites for hydroxylation is 2. The lowest BCUT2D eigenvalue weighted by Crippen LogP contribution is -2.49. The van der Waals surface area contributed by atoms with Gasteiger partial charge >= 0.3 is 0 Å². The van der Waals surface area contributed by atoms with Crippen LogP contribution in [-0.2, 0) is 0 Å². The second kappa shape index (κ2) is 5.19. The number of carbonyl (C=O) groups is 1. The first-order valence-electron chi connectivity index (χ1n) is 6.21. The van der Waals surface area contributed by atoms with Gasteiger partial charge in [0.15, 0.2) is 0 Å². The number of carbonyl (C=O) groups excluding carboxylic acids is 1. The molecule has 3 N–H and O–H groups in total. The summed E-state index contributed by atoms with van der Waals surface area (Å²) in [4.78, 5) is 14.1. The summed E-state index contributed by atoms with van der Waals surface area (Å²) < 4.78 is 0. The van der Waals surface area contributed by atoms with Crippen LogP contribution in [0, 0.1) is 13.8 Å². The number of hydrogen-bond acceptors (Lipinski definition) is 3. The van der Waals surface area contributed by atoms with Crippen LogP contribution in [0.1, 0.15) is 45.8 Å². The monoisotopic (exact) mass is 252 g/mol. The summed E-state index contributed by atoms with van der Waals surface area (Å²) in [5.74, 6) is 0.0357. The van der Waals surface area contributed by atoms with Crippen LogP contribution >= 0.6 is 11.3 Å². The Bertz CT molecular complexity index is 394. The average molecular weight is 252 g/mol. The Kier molecular flexibility index (Phi) is 3.84. The van der Waals surface area contributed by atoms with E-state index in [4.69, 9.17) is 5.73 Å². The van der Waals surface area contributed by atoms with E-state index in [9.17, 15) is 4.79 Å². The summed E-state index contributed by atoms with van der Waals surface area (Å²) in [6.45, 7) is 4.08. The van der Waals surface area contributed by atoms with Gasteiger partial charge in [-0.05, 0) is 38.3 Å². The molecular formula is C13H20N2OS. The highest BCUT2D eigenvalue weighted by atomic mass is 32.1. The maximum absolute atomic E-state index is 12.1. The fourth-order valence-electron chi connectivity index (χ4n) is 2.26. The number of nitrogens with one attached hydrogen (secondary N) is 1. The molecule has 1 aromatic rings. The molecule has 94 valence electrons. The van der Waals surface area contributed by atoms with Crippen molar-refractivity contribution >= 4 is 17.2 Å². The molecule has 1 saturated carbocycles. The van der Waals surface area contributed by atoms with E-state index in [0.29, 0.717) is 0 Å². The molecule has 0 aromatic carbocycles. The number of rotatable bonds is 2. The highest BCUT2D eigenvalue weighted by Gasteiger charge is 2.24. The molecule has 17 heavy (non-hydrogen) atoms. The summed E-state index contributed by atoms with van der Waals surface area (Å²) in [6, 6.07) is 2.23. The third kappa shape index (κ3) is 2.87. The van der Waals surface area contributed by atoms with Crippen LogP contribution in [0.15, 0.2) is 6.07 Å². The van der Waals surface area contributed by atoms with Crippen molar-refractivity contribution < 1.29 is 4.79 Å². The predicted molar refractivity (Wildman–Crippen MR) is 71.5 cm³/mol. The minimum absolute atomic E-state index is 0.0357. The van der Waals surface area contributed by atoms with Crippen molar-refractivity contribution in [1.29, 1.82) is 0 Å². The van der Waals surface area contributed by atoms with Crippen molar-refractivity contribution in [2.45, 2.75) is 51.6 Å². The van der Waals surface area contributed by atoms with Gasteiger partial charge in [0.2, 0.25) is 0 Å². The normalized spacial score (nSPS) is 24.6. The van der Waals surface area contributed by atoms with Crippen LogP contribution < -0.4 is 11.1 Å². The first kappa shape index (κ1) is 12.6. The summed E-state index contributed by atoms with van der Waals surface area (Å²) in [7, 11) is 0. The first-order valence-corrected chi connectivity index (χ1v) is 7.03. The van der Waals surface area contributed by atoms with Crippen LogP contribution in [0.4, 0.5) is 0 Å². The van der Waals surface area contributed by atoms with Crippen molar-refractivity contribution in [3.8, 4) is 0 Å². The van der Waals surface area contributed by atoms with Gasteiger partial charge in [-0.15, -0.1) is 11.3 Å². The first-order chi connectivity index (χ1) is 8.08. The molecule has 1 aliphatic rings. The summed E-state index contributed by atoms with van der Waals surface area (Å²) in [6.07, 6.45) is 4.38. The Morgan fingerprint density at radius 2 is 2.12 bits per heavy atom. The Hall–Kier alpha value is -0.870. The molecule has 1 aromatic heterocycles. The van der Waals surface area contributed by atoms with Gasteiger partial charge in [-0.3, -0.25) is 4.79 Å². The SMILES string of the molecule is Cc1cc(C(=O)N[C@@H]2CCCC[C@H]2N)sc1C. The van der Waals surface area contributed by atoms with Crippen LogP contribution in [0.2, 0.25) is 0 Å². The molecule has 0 saturated heterocycles. The molecule has 0 bridgehead atoms. The van der Waals surface area contributed by atoms with E-state index in [1.165, 1.54) is 23.3 Å². The van der Waals surface area contributed by atoms with Crippen LogP contribution in [-0.4, -0.2) is 18.0 Å². The molecule has 4 heteroatoms. The van der Waals surface area contributed by atoms with Crippen LogP contribution in [0.25, 0.3) is 0 Å². The molecule has 2 rings (SSSR count). The molecule has 1 aliphatic carbocycles. The molecule has 1 heterocycles. The van der Waals surface area contributed by atoms with Crippen molar-refractivity contribution in [2.24, 2.45) is 5.73 Å². The van der Waals surface area contributed by atoms with Crippen LogP contribution in [0.3, 0.4) is 0 Å².